The van der Waals surface area contributed by atoms with E-state index in [0.717, 1.165) is 25.9 Å². The van der Waals surface area contributed by atoms with E-state index in [9.17, 15) is 9.18 Å². The van der Waals surface area contributed by atoms with E-state index < -0.39 is 11.4 Å². The first-order chi connectivity index (χ1) is 8.91. The van der Waals surface area contributed by atoms with E-state index in [2.05, 4.69) is 4.90 Å². The second kappa shape index (κ2) is 5.59. The van der Waals surface area contributed by atoms with Crippen molar-refractivity contribution < 1.29 is 9.18 Å². The van der Waals surface area contributed by atoms with Gasteiger partial charge in [-0.15, -0.1) is 0 Å². The zero-order valence-corrected chi connectivity index (χ0v) is 12.1. The van der Waals surface area contributed by atoms with Crippen LogP contribution in [0.3, 0.4) is 0 Å². The molecule has 0 aromatic heterocycles. The van der Waals surface area contributed by atoms with Gasteiger partial charge in [-0.25, -0.2) is 4.39 Å². The molecule has 1 aromatic carbocycles. The lowest BCUT2D eigenvalue weighted by atomic mass is 9.92. The molecule has 0 atom stereocenters. The van der Waals surface area contributed by atoms with Crippen LogP contribution >= 0.6 is 11.6 Å². The first-order valence-corrected chi connectivity index (χ1v) is 7.01. The Morgan fingerprint density at radius 2 is 2.00 bits per heavy atom. The maximum absolute atomic E-state index is 13.7. The van der Waals surface area contributed by atoms with Crippen LogP contribution < -0.4 is 0 Å². The lowest BCUT2D eigenvalue weighted by Crippen LogP contribution is -2.49. The molecular formula is C15H19ClFNO. The predicted molar refractivity (Wildman–Crippen MR) is 75.0 cm³/mol. The first-order valence-electron chi connectivity index (χ1n) is 6.63. The molecule has 0 spiro atoms. The molecule has 104 valence electrons. The van der Waals surface area contributed by atoms with Crippen molar-refractivity contribution >= 4 is 17.4 Å². The Labute approximate surface area is 118 Å². The molecule has 0 saturated carbocycles. The number of carbonyl (C=O) groups excluding carboxylic acids is 1. The van der Waals surface area contributed by atoms with Crippen LogP contribution in [-0.2, 0) is 11.2 Å². The lowest BCUT2D eigenvalue weighted by Gasteiger charge is -2.34. The Kier molecular flexibility index (Phi) is 4.26. The van der Waals surface area contributed by atoms with Gasteiger partial charge in [0.15, 0.2) is 5.78 Å². The summed E-state index contributed by atoms with van der Waals surface area (Å²) < 4.78 is 13.7. The summed E-state index contributed by atoms with van der Waals surface area (Å²) in [7, 11) is 0. The van der Waals surface area contributed by atoms with Crippen molar-refractivity contribution in [2.24, 2.45) is 0 Å². The van der Waals surface area contributed by atoms with Crippen molar-refractivity contribution in [3.63, 3.8) is 0 Å². The highest BCUT2D eigenvalue weighted by atomic mass is 35.5. The smallest absolute Gasteiger partial charge is 0.156 e. The fourth-order valence-electron chi connectivity index (χ4n) is 2.51. The maximum atomic E-state index is 13.7. The van der Waals surface area contributed by atoms with Gasteiger partial charge in [0, 0.05) is 11.4 Å². The number of carbonyl (C=O) groups is 1. The molecule has 0 unspecified atom stereocenters. The highest BCUT2D eigenvalue weighted by molar-refractivity contribution is 6.30. The average molecular weight is 284 g/mol. The summed E-state index contributed by atoms with van der Waals surface area (Å²) in [6, 6.07) is 4.47. The third-order valence-corrected chi connectivity index (χ3v) is 4.18. The molecule has 2 rings (SSSR count). The zero-order valence-electron chi connectivity index (χ0n) is 11.4. The Morgan fingerprint density at radius 1 is 1.37 bits per heavy atom. The molecule has 0 radical (unpaired) electrons. The highest BCUT2D eigenvalue weighted by Gasteiger charge is 2.35. The Hall–Kier alpha value is -0.930. The number of likely N-dealkylation sites (tertiary alicyclic amines) is 1. The Morgan fingerprint density at radius 3 is 2.58 bits per heavy atom. The van der Waals surface area contributed by atoms with Gasteiger partial charge in [0.05, 0.1) is 5.54 Å². The second-order valence-corrected chi connectivity index (χ2v) is 6.03. The van der Waals surface area contributed by atoms with Crippen molar-refractivity contribution in [3.8, 4) is 0 Å². The van der Waals surface area contributed by atoms with E-state index in [0.29, 0.717) is 10.6 Å². The minimum Gasteiger partial charge on any atom is -0.297 e. The second-order valence-electron chi connectivity index (χ2n) is 5.59. The van der Waals surface area contributed by atoms with Crippen molar-refractivity contribution in [3.05, 3.63) is 34.6 Å². The van der Waals surface area contributed by atoms with Crippen LogP contribution in [0.15, 0.2) is 18.2 Å². The van der Waals surface area contributed by atoms with E-state index >= 15 is 0 Å². The van der Waals surface area contributed by atoms with Crippen LogP contribution in [0, 0.1) is 5.82 Å². The summed E-state index contributed by atoms with van der Waals surface area (Å²) in [6.07, 6.45) is 2.38. The quantitative estimate of drug-likeness (QED) is 0.843. The monoisotopic (exact) mass is 283 g/mol. The predicted octanol–water partition coefficient (Wildman–Crippen LogP) is 3.47. The minimum atomic E-state index is -0.525. The molecule has 0 aliphatic carbocycles. The first kappa shape index (κ1) is 14.5. The van der Waals surface area contributed by atoms with Crippen LogP contribution in [0.25, 0.3) is 0 Å². The molecule has 1 aromatic rings. The SMILES string of the molecule is CC(C)(C(=O)Cc1ccc(Cl)cc1F)N1CCCC1. The number of halogens is 2. The topological polar surface area (TPSA) is 20.3 Å². The van der Waals surface area contributed by atoms with Crippen LogP contribution in [-0.4, -0.2) is 29.3 Å². The molecule has 4 heteroatoms. The molecule has 1 aliphatic heterocycles. The molecular weight excluding hydrogens is 265 g/mol. The van der Waals surface area contributed by atoms with E-state index in [4.69, 9.17) is 11.6 Å². The minimum absolute atomic E-state index is 0.0515. The Bertz CT molecular complexity index is 481. The molecule has 0 N–H and O–H groups in total. The number of Topliss-reactive ketones (excluding diaryl/α,β-unsaturated/α-hetero) is 1. The number of ketones is 1. The molecule has 1 heterocycles. The van der Waals surface area contributed by atoms with Gasteiger partial charge in [-0.1, -0.05) is 17.7 Å². The summed E-state index contributed by atoms with van der Waals surface area (Å²) >= 11 is 5.71. The van der Waals surface area contributed by atoms with E-state index in [1.165, 1.54) is 6.07 Å². The molecule has 19 heavy (non-hydrogen) atoms. The lowest BCUT2D eigenvalue weighted by molar-refractivity contribution is -0.128. The third-order valence-electron chi connectivity index (χ3n) is 3.95. The van der Waals surface area contributed by atoms with Crippen LogP contribution in [0.4, 0.5) is 4.39 Å². The fraction of sp³-hybridized carbons (Fsp3) is 0.533. The summed E-state index contributed by atoms with van der Waals surface area (Å²) in [5.41, 5.74) is -0.107. The van der Waals surface area contributed by atoms with Crippen LogP contribution in [0.2, 0.25) is 5.02 Å². The van der Waals surface area contributed by atoms with Gasteiger partial charge in [-0.05, 0) is 57.5 Å². The molecule has 1 aliphatic rings. The largest absolute Gasteiger partial charge is 0.297 e. The van der Waals surface area contributed by atoms with Gasteiger partial charge in [0.25, 0.3) is 0 Å². The van der Waals surface area contributed by atoms with E-state index in [-0.39, 0.29) is 12.2 Å². The molecule has 2 nitrogen and oxygen atoms in total. The Balaban J connectivity index is 2.11. The van der Waals surface area contributed by atoms with Gasteiger partial charge in [0.1, 0.15) is 5.82 Å². The molecule has 0 amide bonds. The number of hydrogen-bond donors (Lipinski definition) is 0. The third kappa shape index (κ3) is 3.15. The fourth-order valence-corrected chi connectivity index (χ4v) is 2.67. The van der Waals surface area contributed by atoms with Crippen LogP contribution in [0.5, 0.6) is 0 Å². The molecule has 0 bridgehead atoms. The van der Waals surface area contributed by atoms with Gasteiger partial charge in [-0.2, -0.15) is 0 Å². The van der Waals surface area contributed by atoms with E-state index in [1.54, 1.807) is 12.1 Å². The average Bonchev–Trinajstić information content (AvgIpc) is 2.86. The molecule has 1 fully saturated rings. The summed E-state index contributed by atoms with van der Waals surface area (Å²) in [6.45, 7) is 5.74. The normalized spacial score (nSPS) is 16.8. The highest BCUT2D eigenvalue weighted by Crippen LogP contribution is 2.24. The number of rotatable bonds is 4. The number of nitrogens with zero attached hydrogens (tertiary/aromatic N) is 1. The van der Waals surface area contributed by atoms with E-state index in [1.807, 2.05) is 13.8 Å². The summed E-state index contributed by atoms with van der Waals surface area (Å²) in [4.78, 5) is 14.6. The molecule has 1 saturated heterocycles. The van der Waals surface area contributed by atoms with Gasteiger partial charge in [0.2, 0.25) is 0 Å². The van der Waals surface area contributed by atoms with Crippen LogP contribution in [0.1, 0.15) is 32.3 Å². The van der Waals surface area contributed by atoms with Crippen molar-refractivity contribution in [2.75, 3.05) is 13.1 Å². The van der Waals surface area contributed by atoms with Gasteiger partial charge in [-0.3, -0.25) is 9.69 Å². The maximum Gasteiger partial charge on any atom is 0.156 e. The summed E-state index contributed by atoms with van der Waals surface area (Å²) in [5, 5.41) is 0.354. The van der Waals surface area contributed by atoms with Gasteiger partial charge < -0.3 is 0 Å². The number of benzene rings is 1. The van der Waals surface area contributed by atoms with Crippen molar-refractivity contribution in [2.45, 2.75) is 38.6 Å². The zero-order chi connectivity index (χ0) is 14.0. The van der Waals surface area contributed by atoms with Crippen molar-refractivity contribution in [1.82, 2.24) is 4.90 Å². The van der Waals surface area contributed by atoms with Gasteiger partial charge >= 0.3 is 0 Å². The number of hydrogen-bond acceptors (Lipinski definition) is 2. The standard InChI is InChI=1S/C15H19ClFNO/c1-15(2,18-7-3-4-8-18)14(19)9-11-5-6-12(16)10-13(11)17/h5-6,10H,3-4,7-9H2,1-2H3. The summed E-state index contributed by atoms with van der Waals surface area (Å²) in [5.74, 6) is -0.353. The van der Waals surface area contributed by atoms with Crippen molar-refractivity contribution in [1.29, 1.82) is 0 Å².